The van der Waals surface area contributed by atoms with Gasteiger partial charge in [-0.15, -0.1) is 0 Å². The van der Waals surface area contributed by atoms with E-state index in [1.165, 1.54) is 4.90 Å². The number of ether oxygens (including phenoxy) is 1. The van der Waals surface area contributed by atoms with Gasteiger partial charge in [0.15, 0.2) is 11.5 Å². The van der Waals surface area contributed by atoms with Gasteiger partial charge in [-0.25, -0.2) is 0 Å². The summed E-state index contributed by atoms with van der Waals surface area (Å²) >= 11 is 0. The third kappa shape index (κ3) is 3.50. The molecule has 1 amide bonds. The van der Waals surface area contributed by atoms with Crippen molar-refractivity contribution in [2.75, 3.05) is 11.5 Å². The van der Waals surface area contributed by atoms with Gasteiger partial charge in [0.25, 0.3) is 5.91 Å². The first kappa shape index (κ1) is 19.6. The maximum atomic E-state index is 13.1. The summed E-state index contributed by atoms with van der Waals surface area (Å²) in [5, 5.41) is 10.6. The highest BCUT2D eigenvalue weighted by Gasteiger charge is 2.47. The minimum Gasteiger partial charge on any atom is -0.503 e. The van der Waals surface area contributed by atoms with E-state index in [0.29, 0.717) is 23.7 Å². The summed E-state index contributed by atoms with van der Waals surface area (Å²) in [4.78, 5) is 31.9. The number of hydrogen-bond acceptors (Lipinski definition) is 5. The number of carbonyl (C=O) groups is 2. The van der Waals surface area contributed by atoms with Crippen LogP contribution in [0.2, 0.25) is 0 Å². The fourth-order valence-electron chi connectivity index (χ4n) is 3.21. The van der Waals surface area contributed by atoms with Crippen molar-refractivity contribution >= 4 is 17.4 Å². The van der Waals surface area contributed by atoms with E-state index < -0.39 is 23.1 Å². The van der Waals surface area contributed by atoms with Crippen LogP contribution in [0.5, 0.6) is 5.75 Å². The van der Waals surface area contributed by atoms with E-state index in [-0.39, 0.29) is 11.4 Å². The van der Waals surface area contributed by atoms with Gasteiger partial charge in [0, 0.05) is 23.4 Å². The first-order valence-electron chi connectivity index (χ1n) is 9.21. The summed E-state index contributed by atoms with van der Waals surface area (Å²) in [5.41, 5.74) is 0.335. The fraction of sp³-hybridized carbons (Fsp3) is 0.318. The van der Waals surface area contributed by atoms with Crippen LogP contribution >= 0.6 is 0 Å². The van der Waals surface area contributed by atoms with Crippen molar-refractivity contribution in [3.05, 3.63) is 65.7 Å². The molecule has 0 fully saturated rings. The number of carbonyl (C=O) groups excluding carboxylic acids is 2. The topological polar surface area (TPSA) is 79.7 Å². The fourth-order valence-corrected chi connectivity index (χ4v) is 3.21. The number of ketones is 1. The monoisotopic (exact) mass is 380 g/mol. The molecule has 1 atom stereocenters. The Labute approximate surface area is 164 Å². The van der Waals surface area contributed by atoms with E-state index in [9.17, 15) is 14.7 Å². The molecule has 1 aliphatic rings. The zero-order chi connectivity index (χ0) is 20.5. The highest BCUT2D eigenvalue weighted by atomic mass is 16.5. The molecule has 28 heavy (non-hydrogen) atoms. The standard InChI is InChI=1S/C22H24N2O4/c1-5-28-15-10-8-9-14(13-15)24-18(16-11-6-7-12-23-16)17(19(25)21(24)27)20(26)22(2,3)4/h6-13,18,25H,5H2,1-4H3. The lowest BCUT2D eigenvalue weighted by Gasteiger charge is -2.28. The SMILES string of the molecule is CCOc1cccc(N2C(=O)C(O)=C(C(=O)C(C)(C)C)C2c2ccccn2)c1. The molecule has 2 aromatic rings. The van der Waals surface area contributed by atoms with Crippen LogP contribution in [0, 0.1) is 5.41 Å². The average Bonchev–Trinajstić information content (AvgIpc) is 2.93. The molecular weight excluding hydrogens is 356 g/mol. The molecule has 0 bridgehead atoms. The zero-order valence-electron chi connectivity index (χ0n) is 16.5. The van der Waals surface area contributed by atoms with Crippen LogP contribution in [0.25, 0.3) is 0 Å². The van der Waals surface area contributed by atoms with Gasteiger partial charge >= 0.3 is 0 Å². The van der Waals surface area contributed by atoms with E-state index in [1.807, 2.05) is 6.92 Å². The van der Waals surface area contributed by atoms with E-state index in [0.717, 1.165) is 0 Å². The van der Waals surface area contributed by atoms with Crippen LogP contribution in [-0.4, -0.2) is 28.4 Å². The maximum absolute atomic E-state index is 13.1. The number of hydrogen-bond donors (Lipinski definition) is 1. The van der Waals surface area contributed by atoms with Crippen LogP contribution in [0.1, 0.15) is 39.4 Å². The molecule has 0 spiro atoms. The molecule has 6 heteroatoms. The van der Waals surface area contributed by atoms with Crippen molar-refractivity contribution in [2.45, 2.75) is 33.7 Å². The molecule has 0 saturated carbocycles. The van der Waals surface area contributed by atoms with Gasteiger partial charge in [0.2, 0.25) is 0 Å². The smallest absolute Gasteiger partial charge is 0.294 e. The van der Waals surface area contributed by atoms with E-state index in [4.69, 9.17) is 4.74 Å². The number of aliphatic hydroxyl groups is 1. The van der Waals surface area contributed by atoms with Crippen molar-refractivity contribution in [1.29, 1.82) is 0 Å². The maximum Gasteiger partial charge on any atom is 0.294 e. The quantitative estimate of drug-likeness (QED) is 0.848. The summed E-state index contributed by atoms with van der Waals surface area (Å²) in [6.07, 6.45) is 1.60. The number of amides is 1. The van der Waals surface area contributed by atoms with Crippen LogP contribution < -0.4 is 9.64 Å². The second-order valence-corrected chi connectivity index (χ2v) is 7.60. The lowest BCUT2D eigenvalue weighted by molar-refractivity contribution is -0.123. The number of benzene rings is 1. The highest BCUT2D eigenvalue weighted by molar-refractivity contribution is 6.17. The Kier molecular flexibility index (Phi) is 5.23. The Morgan fingerprint density at radius 3 is 2.57 bits per heavy atom. The van der Waals surface area contributed by atoms with E-state index in [1.54, 1.807) is 69.4 Å². The predicted molar refractivity (Wildman–Crippen MR) is 106 cm³/mol. The Bertz CT molecular complexity index is 929. The minimum atomic E-state index is -0.808. The van der Waals surface area contributed by atoms with Crippen molar-refractivity contribution in [1.82, 2.24) is 4.98 Å². The Morgan fingerprint density at radius 1 is 1.21 bits per heavy atom. The van der Waals surface area contributed by atoms with Gasteiger partial charge in [-0.2, -0.15) is 0 Å². The zero-order valence-corrected chi connectivity index (χ0v) is 16.5. The molecule has 1 N–H and O–H groups in total. The van der Waals surface area contributed by atoms with Gasteiger partial charge in [0.05, 0.1) is 17.9 Å². The van der Waals surface area contributed by atoms with Crippen LogP contribution in [0.3, 0.4) is 0 Å². The van der Waals surface area contributed by atoms with Crippen molar-refractivity contribution in [3.8, 4) is 5.75 Å². The lowest BCUT2D eigenvalue weighted by Crippen LogP contribution is -2.33. The summed E-state index contributed by atoms with van der Waals surface area (Å²) in [6, 6.07) is 11.5. The van der Waals surface area contributed by atoms with Crippen LogP contribution in [-0.2, 0) is 9.59 Å². The molecular formula is C22H24N2O4. The number of pyridine rings is 1. The van der Waals surface area contributed by atoms with Crippen molar-refractivity contribution < 1.29 is 19.4 Å². The van der Waals surface area contributed by atoms with Crippen LogP contribution in [0.4, 0.5) is 5.69 Å². The summed E-state index contributed by atoms with van der Waals surface area (Å²) in [5.74, 6) is -0.852. The molecule has 0 aliphatic carbocycles. The highest BCUT2D eigenvalue weighted by Crippen LogP contribution is 2.43. The van der Waals surface area contributed by atoms with Gasteiger partial charge in [-0.3, -0.25) is 19.5 Å². The minimum absolute atomic E-state index is 0.0676. The number of nitrogens with zero attached hydrogens (tertiary/aromatic N) is 2. The largest absolute Gasteiger partial charge is 0.503 e. The van der Waals surface area contributed by atoms with E-state index >= 15 is 0 Å². The Balaban J connectivity index is 2.16. The second kappa shape index (κ2) is 7.46. The van der Waals surface area contributed by atoms with Crippen LogP contribution in [0.15, 0.2) is 60.0 Å². The molecule has 146 valence electrons. The third-order valence-corrected chi connectivity index (χ3v) is 4.51. The number of aromatic nitrogens is 1. The summed E-state index contributed by atoms with van der Waals surface area (Å²) in [7, 11) is 0. The number of anilines is 1. The lowest BCUT2D eigenvalue weighted by atomic mass is 9.83. The van der Waals surface area contributed by atoms with Crippen molar-refractivity contribution in [3.63, 3.8) is 0 Å². The molecule has 1 aromatic heterocycles. The first-order chi connectivity index (χ1) is 13.3. The van der Waals surface area contributed by atoms with Gasteiger partial charge in [-0.1, -0.05) is 32.9 Å². The normalized spacial score (nSPS) is 17.2. The van der Waals surface area contributed by atoms with Crippen molar-refractivity contribution in [2.24, 2.45) is 5.41 Å². The molecule has 1 aliphatic heterocycles. The summed E-state index contributed by atoms with van der Waals surface area (Å²) < 4.78 is 5.54. The second-order valence-electron chi connectivity index (χ2n) is 7.60. The van der Waals surface area contributed by atoms with Gasteiger partial charge < -0.3 is 9.84 Å². The van der Waals surface area contributed by atoms with E-state index in [2.05, 4.69) is 4.98 Å². The van der Waals surface area contributed by atoms with Gasteiger partial charge in [-0.05, 0) is 31.2 Å². The number of rotatable bonds is 5. The average molecular weight is 380 g/mol. The molecule has 0 saturated heterocycles. The third-order valence-electron chi connectivity index (χ3n) is 4.51. The Hall–Kier alpha value is -3.15. The molecule has 6 nitrogen and oxygen atoms in total. The predicted octanol–water partition coefficient (Wildman–Crippen LogP) is 4.00. The molecule has 1 unspecified atom stereocenters. The summed E-state index contributed by atoms with van der Waals surface area (Å²) in [6.45, 7) is 7.63. The molecule has 1 aromatic carbocycles. The van der Waals surface area contributed by atoms with Gasteiger partial charge in [0.1, 0.15) is 11.8 Å². The molecule has 0 radical (unpaired) electrons. The molecule has 2 heterocycles. The molecule has 3 rings (SSSR count). The number of aliphatic hydroxyl groups excluding tert-OH is 1. The Morgan fingerprint density at radius 2 is 1.96 bits per heavy atom. The number of Topliss-reactive ketones (excluding diaryl/α,β-unsaturated/α-hetero) is 1. The first-order valence-corrected chi connectivity index (χ1v) is 9.21.